The lowest BCUT2D eigenvalue weighted by atomic mass is 10.0. The molecule has 0 spiro atoms. The number of hydrogen-bond donors (Lipinski definition) is 1. The molecule has 7 heteroatoms. The van der Waals surface area contributed by atoms with E-state index >= 15 is 0 Å². The first-order chi connectivity index (χ1) is 12.7. The number of fused-ring (bicyclic) bond motifs is 1. The molecule has 0 aliphatic rings. The first kappa shape index (κ1) is 16.3. The van der Waals surface area contributed by atoms with Crippen LogP contribution in [0.2, 0.25) is 0 Å². The van der Waals surface area contributed by atoms with E-state index in [9.17, 15) is 4.79 Å². The maximum absolute atomic E-state index is 10.7. The van der Waals surface area contributed by atoms with Gasteiger partial charge in [-0.05, 0) is 12.1 Å². The van der Waals surface area contributed by atoms with Gasteiger partial charge in [-0.2, -0.15) is 0 Å². The molecule has 0 aliphatic heterocycles. The van der Waals surface area contributed by atoms with Gasteiger partial charge >= 0.3 is 5.97 Å². The van der Waals surface area contributed by atoms with Crippen molar-refractivity contribution in [1.29, 1.82) is 0 Å². The summed E-state index contributed by atoms with van der Waals surface area (Å²) in [6.07, 6.45) is 0. The Bertz CT molecular complexity index is 1080. The van der Waals surface area contributed by atoms with Gasteiger partial charge in [0.25, 0.3) is 5.22 Å². The van der Waals surface area contributed by atoms with E-state index in [2.05, 4.69) is 10.2 Å². The molecule has 128 valence electrons. The third kappa shape index (κ3) is 3.29. The number of thioether (sulfide) groups is 1. The number of carboxylic acids is 1. The van der Waals surface area contributed by atoms with E-state index in [0.29, 0.717) is 5.89 Å². The lowest BCUT2D eigenvalue weighted by molar-refractivity contribution is -0.133. The number of aliphatic carboxylic acids is 1. The summed E-state index contributed by atoms with van der Waals surface area (Å²) < 4.78 is 5.67. The highest BCUT2D eigenvalue weighted by Gasteiger charge is 2.15. The van der Waals surface area contributed by atoms with E-state index in [1.807, 2.05) is 60.7 Å². The highest BCUT2D eigenvalue weighted by atomic mass is 32.2. The zero-order valence-corrected chi connectivity index (χ0v) is 14.3. The van der Waals surface area contributed by atoms with Crippen molar-refractivity contribution in [3.63, 3.8) is 0 Å². The quantitative estimate of drug-likeness (QED) is 0.533. The second-order valence-electron chi connectivity index (χ2n) is 5.49. The number of nitrogens with zero attached hydrogens (tertiary/aromatic N) is 3. The standard InChI is InChI=1S/C19H13N3O3S/c23-17(24)11-26-19-22-21-18(25-19)14-10-16(12-6-2-1-3-7-12)20-15-9-5-4-8-13(14)15/h1-10H,11H2,(H,23,24). The molecule has 4 rings (SSSR count). The molecule has 2 aromatic heterocycles. The van der Waals surface area contributed by atoms with Crippen LogP contribution in [0.15, 0.2) is 70.3 Å². The van der Waals surface area contributed by atoms with E-state index < -0.39 is 5.97 Å². The van der Waals surface area contributed by atoms with Crippen molar-refractivity contribution in [2.45, 2.75) is 5.22 Å². The minimum absolute atomic E-state index is 0.131. The van der Waals surface area contributed by atoms with E-state index in [1.165, 1.54) is 0 Å². The van der Waals surface area contributed by atoms with E-state index in [4.69, 9.17) is 14.5 Å². The molecular weight excluding hydrogens is 350 g/mol. The molecule has 0 radical (unpaired) electrons. The largest absolute Gasteiger partial charge is 0.481 e. The van der Waals surface area contributed by atoms with Crippen LogP contribution in [-0.4, -0.2) is 32.0 Å². The van der Waals surface area contributed by atoms with Crippen LogP contribution in [-0.2, 0) is 4.79 Å². The number of benzene rings is 2. The van der Waals surface area contributed by atoms with Gasteiger partial charge in [-0.15, -0.1) is 10.2 Å². The van der Waals surface area contributed by atoms with Crippen LogP contribution in [0.25, 0.3) is 33.6 Å². The number of para-hydroxylation sites is 1. The predicted octanol–water partition coefficient (Wildman–Crippen LogP) is 4.13. The van der Waals surface area contributed by atoms with Gasteiger partial charge in [-0.25, -0.2) is 4.98 Å². The number of carboxylic acid groups (broad SMARTS) is 1. The summed E-state index contributed by atoms with van der Waals surface area (Å²) in [5, 5.41) is 17.9. The highest BCUT2D eigenvalue weighted by molar-refractivity contribution is 7.99. The molecule has 0 saturated heterocycles. The van der Waals surface area contributed by atoms with Gasteiger partial charge < -0.3 is 9.52 Å². The Labute approximate surface area is 152 Å². The normalized spacial score (nSPS) is 10.9. The van der Waals surface area contributed by atoms with Crippen molar-refractivity contribution in [2.75, 3.05) is 5.75 Å². The Balaban J connectivity index is 1.82. The molecule has 0 fully saturated rings. The molecule has 0 atom stereocenters. The van der Waals surface area contributed by atoms with E-state index in [0.717, 1.165) is 39.5 Å². The molecule has 0 aliphatic carbocycles. The lowest BCUT2D eigenvalue weighted by Gasteiger charge is -2.07. The van der Waals surface area contributed by atoms with Crippen molar-refractivity contribution in [1.82, 2.24) is 15.2 Å². The molecule has 1 N–H and O–H groups in total. The second kappa shape index (κ2) is 6.97. The molecule has 2 heterocycles. The Morgan fingerprint density at radius 3 is 2.62 bits per heavy atom. The summed E-state index contributed by atoms with van der Waals surface area (Å²) in [5.41, 5.74) is 3.38. The molecule has 0 unspecified atom stereocenters. The monoisotopic (exact) mass is 363 g/mol. The minimum atomic E-state index is -0.935. The van der Waals surface area contributed by atoms with Crippen LogP contribution >= 0.6 is 11.8 Å². The number of carbonyl (C=O) groups is 1. The van der Waals surface area contributed by atoms with Crippen molar-refractivity contribution < 1.29 is 14.3 Å². The van der Waals surface area contributed by atoms with Crippen molar-refractivity contribution in [2.24, 2.45) is 0 Å². The molecule has 26 heavy (non-hydrogen) atoms. The van der Waals surface area contributed by atoms with Gasteiger partial charge in [0.1, 0.15) is 5.75 Å². The SMILES string of the molecule is O=C(O)CSc1nnc(-c2cc(-c3ccccc3)nc3ccccc23)o1. The van der Waals surface area contributed by atoms with Crippen LogP contribution in [0, 0.1) is 0 Å². The Morgan fingerprint density at radius 1 is 1.04 bits per heavy atom. The summed E-state index contributed by atoms with van der Waals surface area (Å²) >= 11 is 0.995. The second-order valence-corrected chi connectivity index (χ2v) is 6.42. The zero-order chi connectivity index (χ0) is 17.9. The van der Waals surface area contributed by atoms with Crippen LogP contribution < -0.4 is 0 Å². The number of rotatable bonds is 5. The molecule has 0 bridgehead atoms. The molecule has 6 nitrogen and oxygen atoms in total. The van der Waals surface area contributed by atoms with Gasteiger partial charge in [0, 0.05) is 10.9 Å². The predicted molar refractivity (Wildman–Crippen MR) is 98.8 cm³/mol. The fourth-order valence-electron chi connectivity index (χ4n) is 2.61. The van der Waals surface area contributed by atoms with Gasteiger partial charge in [-0.1, -0.05) is 60.3 Å². The maximum atomic E-state index is 10.7. The first-order valence-corrected chi connectivity index (χ1v) is 8.83. The molecule has 0 amide bonds. The molecule has 2 aromatic carbocycles. The van der Waals surface area contributed by atoms with Gasteiger partial charge in [0.05, 0.1) is 16.8 Å². The molecule has 4 aromatic rings. The fraction of sp³-hybridized carbons (Fsp3) is 0.0526. The Morgan fingerprint density at radius 2 is 1.81 bits per heavy atom. The fourth-order valence-corrected chi connectivity index (χ4v) is 3.09. The summed E-state index contributed by atoms with van der Waals surface area (Å²) in [4.78, 5) is 15.4. The van der Waals surface area contributed by atoms with Gasteiger partial charge in [0.15, 0.2) is 0 Å². The number of aromatic nitrogens is 3. The van der Waals surface area contributed by atoms with Crippen LogP contribution in [0.1, 0.15) is 0 Å². The van der Waals surface area contributed by atoms with Crippen molar-refractivity contribution in [3.8, 4) is 22.7 Å². The smallest absolute Gasteiger partial charge is 0.314 e. The summed E-state index contributed by atoms with van der Waals surface area (Å²) in [6, 6.07) is 19.5. The lowest BCUT2D eigenvalue weighted by Crippen LogP contribution is -1.97. The number of hydrogen-bond acceptors (Lipinski definition) is 6. The Hall–Kier alpha value is -3.19. The molecular formula is C19H13N3O3S. The summed E-state index contributed by atoms with van der Waals surface area (Å²) in [6.45, 7) is 0. The summed E-state index contributed by atoms with van der Waals surface area (Å²) in [7, 11) is 0. The van der Waals surface area contributed by atoms with Gasteiger partial charge in [0.2, 0.25) is 5.89 Å². The van der Waals surface area contributed by atoms with Crippen LogP contribution in [0.5, 0.6) is 0 Å². The summed E-state index contributed by atoms with van der Waals surface area (Å²) in [5.74, 6) is -0.724. The van der Waals surface area contributed by atoms with Crippen LogP contribution in [0.4, 0.5) is 0 Å². The first-order valence-electron chi connectivity index (χ1n) is 7.84. The Kier molecular flexibility index (Phi) is 4.37. The maximum Gasteiger partial charge on any atom is 0.314 e. The van der Waals surface area contributed by atoms with E-state index in [1.54, 1.807) is 0 Å². The number of pyridine rings is 1. The van der Waals surface area contributed by atoms with E-state index in [-0.39, 0.29) is 11.0 Å². The average molecular weight is 363 g/mol. The highest BCUT2D eigenvalue weighted by Crippen LogP contribution is 2.32. The topological polar surface area (TPSA) is 89.1 Å². The zero-order valence-electron chi connectivity index (χ0n) is 13.5. The van der Waals surface area contributed by atoms with Crippen molar-refractivity contribution >= 4 is 28.6 Å². The van der Waals surface area contributed by atoms with Gasteiger partial charge in [-0.3, -0.25) is 4.79 Å². The molecule has 0 saturated carbocycles. The van der Waals surface area contributed by atoms with Crippen molar-refractivity contribution in [3.05, 3.63) is 60.7 Å². The van der Waals surface area contributed by atoms with Crippen LogP contribution in [0.3, 0.4) is 0 Å². The average Bonchev–Trinajstić information content (AvgIpc) is 3.15. The minimum Gasteiger partial charge on any atom is -0.481 e. The third-order valence-electron chi connectivity index (χ3n) is 3.74. The third-order valence-corrected chi connectivity index (χ3v) is 4.54.